The number of aromatic amines is 1. The number of aromatic nitrogens is 2. The molecule has 0 spiro atoms. The Hall–Kier alpha value is -1.03. The Balaban J connectivity index is 3.24. The van der Waals surface area contributed by atoms with Crippen molar-refractivity contribution in [1.29, 1.82) is 0 Å². The van der Waals surface area contributed by atoms with Crippen LogP contribution < -0.4 is 11.4 Å². The summed E-state index contributed by atoms with van der Waals surface area (Å²) in [5.41, 5.74) is 7.21. The number of nitrogens with two attached hydrogens (primary N) is 1. The standard InChI is InChI=1S/C10H19N3O/c1-7-8(2)13(9(14)12-7)10(3,4)5-6-11/h5-6,11H2,1-4H3,(H,12,14). The van der Waals surface area contributed by atoms with Crippen LogP contribution in [0.4, 0.5) is 0 Å². The maximum Gasteiger partial charge on any atom is 0.326 e. The molecule has 0 aliphatic carbocycles. The summed E-state index contributed by atoms with van der Waals surface area (Å²) in [4.78, 5) is 14.5. The molecule has 3 N–H and O–H groups in total. The number of imidazole rings is 1. The van der Waals surface area contributed by atoms with E-state index in [9.17, 15) is 4.79 Å². The van der Waals surface area contributed by atoms with E-state index in [-0.39, 0.29) is 11.2 Å². The highest BCUT2D eigenvalue weighted by Crippen LogP contribution is 2.19. The molecule has 4 nitrogen and oxygen atoms in total. The zero-order chi connectivity index (χ0) is 10.9. The topological polar surface area (TPSA) is 63.8 Å². The second-order valence-electron chi connectivity index (χ2n) is 4.33. The van der Waals surface area contributed by atoms with E-state index in [2.05, 4.69) is 4.98 Å². The molecule has 0 aliphatic heterocycles. The SMILES string of the molecule is Cc1[nH]c(=O)n(C(C)(C)CCN)c1C. The third-order valence-electron chi connectivity index (χ3n) is 2.74. The zero-order valence-corrected chi connectivity index (χ0v) is 9.35. The third-order valence-corrected chi connectivity index (χ3v) is 2.74. The molecule has 0 saturated heterocycles. The molecule has 0 radical (unpaired) electrons. The lowest BCUT2D eigenvalue weighted by Crippen LogP contribution is -2.37. The number of nitrogens with one attached hydrogen (secondary N) is 1. The Morgan fingerprint density at radius 2 is 2.00 bits per heavy atom. The number of rotatable bonds is 3. The van der Waals surface area contributed by atoms with Crippen LogP contribution in [0.2, 0.25) is 0 Å². The van der Waals surface area contributed by atoms with Crippen molar-refractivity contribution in [3.05, 3.63) is 21.9 Å². The predicted molar refractivity (Wildman–Crippen MR) is 57.5 cm³/mol. The molecule has 1 aromatic heterocycles. The van der Waals surface area contributed by atoms with Crippen LogP contribution in [0.1, 0.15) is 31.7 Å². The van der Waals surface area contributed by atoms with Crippen LogP contribution in [0.3, 0.4) is 0 Å². The van der Waals surface area contributed by atoms with E-state index >= 15 is 0 Å². The van der Waals surface area contributed by atoms with E-state index in [1.165, 1.54) is 0 Å². The van der Waals surface area contributed by atoms with Crippen molar-refractivity contribution in [3.63, 3.8) is 0 Å². The van der Waals surface area contributed by atoms with Crippen LogP contribution in [0.15, 0.2) is 4.79 Å². The maximum atomic E-state index is 11.6. The lowest BCUT2D eigenvalue weighted by molar-refractivity contribution is 0.318. The normalized spacial score (nSPS) is 12.1. The van der Waals surface area contributed by atoms with E-state index in [0.717, 1.165) is 17.8 Å². The first-order valence-electron chi connectivity index (χ1n) is 4.89. The minimum absolute atomic E-state index is 0.0431. The number of aryl methyl sites for hydroxylation is 1. The average molecular weight is 197 g/mol. The molecule has 0 unspecified atom stereocenters. The second-order valence-corrected chi connectivity index (χ2v) is 4.33. The van der Waals surface area contributed by atoms with Gasteiger partial charge in [-0.2, -0.15) is 0 Å². The van der Waals surface area contributed by atoms with Crippen LogP contribution in [0, 0.1) is 13.8 Å². The summed E-state index contributed by atoms with van der Waals surface area (Å²) < 4.78 is 1.79. The predicted octanol–water partition coefficient (Wildman–Crippen LogP) is 0.877. The highest BCUT2D eigenvalue weighted by molar-refractivity contribution is 5.11. The molecule has 1 rings (SSSR count). The minimum atomic E-state index is -0.208. The first-order chi connectivity index (χ1) is 6.40. The van der Waals surface area contributed by atoms with E-state index in [1.54, 1.807) is 4.57 Å². The van der Waals surface area contributed by atoms with Gasteiger partial charge in [-0.15, -0.1) is 0 Å². The Bertz CT molecular complexity index is 373. The van der Waals surface area contributed by atoms with Gasteiger partial charge in [0.2, 0.25) is 0 Å². The van der Waals surface area contributed by atoms with Gasteiger partial charge in [-0.1, -0.05) is 0 Å². The monoisotopic (exact) mass is 197 g/mol. The number of nitrogens with zero attached hydrogens (tertiary/aromatic N) is 1. The summed E-state index contributed by atoms with van der Waals surface area (Å²) >= 11 is 0. The molecule has 1 heterocycles. The lowest BCUT2D eigenvalue weighted by atomic mass is 10.00. The van der Waals surface area contributed by atoms with Crippen LogP contribution in [0.5, 0.6) is 0 Å². The van der Waals surface area contributed by atoms with Gasteiger partial charge in [0.05, 0.1) is 0 Å². The van der Waals surface area contributed by atoms with Gasteiger partial charge in [0, 0.05) is 16.9 Å². The number of hydrogen-bond donors (Lipinski definition) is 2. The van der Waals surface area contributed by atoms with Crippen molar-refractivity contribution in [1.82, 2.24) is 9.55 Å². The van der Waals surface area contributed by atoms with Gasteiger partial charge in [0.1, 0.15) is 0 Å². The van der Waals surface area contributed by atoms with E-state index in [4.69, 9.17) is 5.73 Å². The summed E-state index contributed by atoms with van der Waals surface area (Å²) in [7, 11) is 0. The molecule has 0 atom stereocenters. The smallest absolute Gasteiger partial charge is 0.326 e. The van der Waals surface area contributed by atoms with Crippen LogP contribution in [-0.4, -0.2) is 16.1 Å². The molecular weight excluding hydrogens is 178 g/mol. The van der Waals surface area contributed by atoms with Crippen LogP contribution in [-0.2, 0) is 5.54 Å². The Labute approximate surface area is 84.1 Å². The summed E-state index contributed by atoms with van der Waals surface area (Å²) in [6, 6.07) is 0. The van der Waals surface area contributed by atoms with Gasteiger partial charge in [0.15, 0.2) is 0 Å². The highest BCUT2D eigenvalue weighted by Gasteiger charge is 2.23. The molecule has 0 aliphatic rings. The summed E-state index contributed by atoms with van der Waals surface area (Å²) in [6.45, 7) is 8.50. The fraction of sp³-hybridized carbons (Fsp3) is 0.700. The van der Waals surface area contributed by atoms with Crippen LogP contribution in [0.25, 0.3) is 0 Å². The zero-order valence-electron chi connectivity index (χ0n) is 9.35. The fourth-order valence-corrected chi connectivity index (χ4v) is 1.82. The lowest BCUT2D eigenvalue weighted by Gasteiger charge is -2.26. The van der Waals surface area contributed by atoms with E-state index in [1.807, 2.05) is 27.7 Å². The molecular formula is C10H19N3O. The van der Waals surface area contributed by atoms with Crippen LogP contribution >= 0.6 is 0 Å². The Morgan fingerprint density at radius 3 is 2.36 bits per heavy atom. The van der Waals surface area contributed by atoms with Gasteiger partial charge < -0.3 is 10.7 Å². The van der Waals surface area contributed by atoms with Crippen molar-refractivity contribution < 1.29 is 0 Å². The van der Waals surface area contributed by atoms with Gasteiger partial charge in [-0.3, -0.25) is 4.57 Å². The molecule has 0 amide bonds. The number of hydrogen-bond acceptors (Lipinski definition) is 2. The van der Waals surface area contributed by atoms with Crippen molar-refractivity contribution in [2.24, 2.45) is 5.73 Å². The van der Waals surface area contributed by atoms with Crippen molar-refractivity contribution in [2.75, 3.05) is 6.54 Å². The van der Waals surface area contributed by atoms with Crippen molar-refractivity contribution >= 4 is 0 Å². The first-order valence-corrected chi connectivity index (χ1v) is 4.89. The summed E-state index contributed by atoms with van der Waals surface area (Å²) in [5.74, 6) is 0. The number of H-pyrrole nitrogens is 1. The fourth-order valence-electron chi connectivity index (χ4n) is 1.82. The molecule has 0 fully saturated rings. The van der Waals surface area contributed by atoms with E-state index in [0.29, 0.717) is 6.54 Å². The molecule has 14 heavy (non-hydrogen) atoms. The molecule has 1 aromatic rings. The van der Waals surface area contributed by atoms with E-state index < -0.39 is 0 Å². The molecule has 4 heteroatoms. The average Bonchev–Trinajstić information content (AvgIpc) is 2.26. The minimum Gasteiger partial charge on any atom is -0.330 e. The van der Waals surface area contributed by atoms with Crippen molar-refractivity contribution in [2.45, 2.75) is 39.7 Å². The Kier molecular flexibility index (Phi) is 2.85. The first kappa shape index (κ1) is 11.0. The quantitative estimate of drug-likeness (QED) is 0.755. The summed E-state index contributed by atoms with van der Waals surface area (Å²) in [5, 5.41) is 0. The van der Waals surface area contributed by atoms with Gasteiger partial charge in [-0.05, 0) is 40.7 Å². The highest BCUT2D eigenvalue weighted by atomic mass is 16.1. The molecule has 0 saturated carbocycles. The van der Waals surface area contributed by atoms with Gasteiger partial charge >= 0.3 is 5.69 Å². The largest absolute Gasteiger partial charge is 0.330 e. The van der Waals surface area contributed by atoms with Gasteiger partial charge in [-0.25, -0.2) is 4.79 Å². The maximum absolute atomic E-state index is 11.6. The van der Waals surface area contributed by atoms with Crippen molar-refractivity contribution in [3.8, 4) is 0 Å². The second kappa shape index (κ2) is 3.61. The molecule has 0 bridgehead atoms. The molecule has 0 aromatic carbocycles. The van der Waals surface area contributed by atoms with Gasteiger partial charge in [0.25, 0.3) is 0 Å². The molecule has 80 valence electrons. The Morgan fingerprint density at radius 1 is 1.43 bits per heavy atom. The summed E-state index contributed by atoms with van der Waals surface area (Å²) in [6.07, 6.45) is 0.797. The third kappa shape index (κ3) is 1.75.